The second-order valence-electron chi connectivity index (χ2n) is 7.17. The quantitative estimate of drug-likeness (QED) is 0.808. The Bertz CT molecular complexity index is 726. The number of aliphatic hydroxyl groups is 1. The molecule has 0 radical (unpaired) electrons. The van der Waals surface area contributed by atoms with Crippen LogP contribution in [0.25, 0.3) is 10.8 Å². The minimum atomic E-state index is -0.717. The summed E-state index contributed by atoms with van der Waals surface area (Å²) in [4.78, 5) is 12.5. The summed E-state index contributed by atoms with van der Waals surface area (Å²) < 4.78 is 0. The average Bonchev–Trinajstić information content (AvgIpc) is 2.58. The van der Waals surface area contributed by atoms with E-state index in [2.05, 4.69) is 5.32 Å². The minimum absolute atomic E-state index is 0.0421. The van der Waals surface area contributed by atoms with E-state index in [4.69, 9.17) is 5.73 Å². The summed E-state index contributed by atoms with van der Waals surface area (Å²) in [5.74, 6) is -0.213. The van der Waals surface area contributed by atoms with Crippen LogP contribution in [0.15, 0.2) is 42.5 Å². The Kier molecular flexibility index (Phi) is 4.88. The fourth-order valence-corrected chi connectivity index (χ4v) is 3.64. The second-order valence-corrected chi connectivity index (χ2v) is 7.17. The number of hydrogen-bond acceptors (Lipinski definition) is 3. The molecule has 0 heterocycles. The van der Waals surface area contributed by atoms with Crippen molar-refractivity contribution in [1.29, 1.82) is 0 Å². The van der Waals surface area contributed by atoms with Gasteiger partial charge in [-0.3, -0.25) is 4.79 Å². The lowest BCUT2D eigenvalue weighted by Gasteiger charge is -2.37. The molecule has 24 heavy (non-hydrogen) atoms. The highest BCUT2D eigenvalue weighted by Gasteiger charge is 2.37. The summed E-state index contributed by atoms with van der Waals surface area (Å²) in [5, 5.41) is 15.5. The van der Waals surface area contributed by atoms with Gasteiger partial charge in [0.2, 0.25) is 5.91 Å². The summed E-state index contributed by atoms with van der Waals surface area (Å²) in [7, 11) is 0. The first-order valence-corrected chi connectivity index (χ1v) is 8.71. The zero-order valence-corrected chi connectivity index (χ0v) is 14.2. The predicted molar refractivity (Wildman–Crippen MR) is 96.5 cm³/mol. The Morgan fingerprint density at radius 3 is 2.79 bits per heavy atom. The first-order chi connectivity index (χ1) is 11.5. The fraction of sp³-hybridized carbons (Fsp3) is 0.450. The van der Waals surface area contributed by atoms with Crippen molar-refractivity contribution in [2.45, 2.75) is 44.2 Å². The highest BCUT2D eigenvalue weighted by Crippen LogP contribution is 2.31. The first kappa shape index (κ1) is 16.9. The van der Waals surface area contributed by atoms with Crippen molar-refractivity contribution in [3.8, 4) is 0 Å². The van der Waals surface area contributed by atoms with Crippen molar-refractivity contribution >= 4 is 16.7 Å². The Morgan fingerprint density at radius 2 is 2.04 bits per heavy atom. The van der Waals surface area contributed by atoms with Crippen LogP contribution in [0.2, 0.25) is 0 Å². The molecule has 0 aromatic heterocycles. The van der Waals surface area contributed by atoms with Gasteiger partial charge < -0.3 is 16.2 Å². The highest BCUT2D eigenvalue weighted by atomic mass is 16.3. The highest BCUT2D eigenvalue weighted by molar-refractivity contribution is 5.83. The summed E-state index contributed by atoms with van der Waals surface area (Å²) in [5.41, 5.74) is 6.64. The number of amides is 1. The van der Waals surface area contributed by atoms with Crippen molar-refractivity contribution in [2.24, 2.45) is 11.7 Å². The zero-order chi connectivity index (χ0) is 17.2. The Labute approximate surface area is 143 Å². The topological polar surface area (TPSA) is 75.4 Å². The smallest absolute Gasteiger partial charge is 0.225 e. The summed E-state index contributed by atoms with van der Waals surface area (Å²) >= 11 is 0. The summed E-state index contributed by atoms with van der Waals surface area (Å²) in [6.45, 7) is 2.17. The van der Waals surface area contributed by atoms with Crippen LogP contribution in [0.1, 0.15) is 44.3 Å². The van der Waals surface area contributed by atoms with E-state index in [0.29, 0.717) is 0 Å². The molecule has 3 rings (SSSR count). The SMILES string of the molecule is CC1(N)CCCCC1C(=O)NCC(O)c1ccc2ccccc2c1. The van der Waals surface area contributed by atoms with E-state index in [-0.39, 0.29) is 18.4 Å². The number of nitrogens with two attached hydrogens (primary N) is 1. The molecule has 2 aromatic carbocycles. The Hall–Kier alpha value is -1.91. The van der Waals surface area contributed by atoms with Crippen LogP contribution in [0.5, 0.6) is 0 Å². The number of carbonyl (C=O) groups excluding carboxylic acids is 1. The molecule has 4 heteroatoms. The predicted octanol–water partition coefficient (Wildman–Crippen LogP) is 2.90. The summed E-state index contributed by atoms with van der Waals surface area (Å²) in [6.07, 6.45) is 3.10. The maximum Gasteiger partial charge on any atom is 0.225 e. The number of carbonyl (C=O) groups is 1. The van der Waals surface area contributed by atoms with Crippen LogP contribution < -0.4 is 11.1 Å². The first-order valence-electron chi connectivity index (χ1n) is 8.71. The number of fused-ring (bicyclic) bond motifs is 1. The largest absolute Gasteiger partial charge is 0.387 e. The normalized spacial score (nSPS) is 25.4. The molecule has 128 valence electrons. The molecule has 4 N–H and O–H groups in total. The van der Waals surface area contributed by atoms with Crippen molar-refractivity contribution in [2.75, 3.05) is 6.54 Å². The standard InChI is InChI=1S/C20H26N2O2/c1-20(21)11-5-4-8-17(20)19(24)22-13-18(23)16-10-9-14-6-2-3-7-15(14)12-16/h2-3,6-7,9-10,12,17-18,23H,4-5,8,11,13,21H2,1H3,(H,22,24). The zero-order valence-electron chi connectivity index (χ0n) is 14.2. The van der Waals surface area contributed by atoms with Gasteiger partial charge in [-0.05, 0) is 42.2 Å². The van der Waals surface area contributed by atoms with Crippen molar-refractivity contribution in [1.82, 2.24) is 5.32 Å². The molecule has 1 fully saturated rings. The van der Waals surface area contributed by atoms with Crippen LogP contribution in [-0.2, 0) is 4.79 Å². The molecule has 1 amide bonds. The van der Waals surface area contributed by atoms with Gasteiger partial charge in [0.15, 0.2) is 0 Å². The molecule has 0 saturated heterocycles. The molecule has 1 saturated carbocycles. The van der Waals surface area contributed by atoms with Gasteiger partial charge in [0, 0.05) is 12.1 Å². The molecule has 0 aliphatic heterocycles. The van der Waals surface area contributed by atoms with E-state index in [1.54, 1.807) is 0 Å². The number of nitrogens with one attached hydrogen (secondary N) is 1. The van der Waals surface area contributed by atoms with Crippen molar-refractivity contribution in [3.63, 3.8) is 0 Å². The lowest BCUT2D eigenvalue weighted by Crippen LogP contribution is -2.53. The molecule has 0 spiro atoms. The number of hydrogen-bond donors (Lipinski definition) is 3. The van der Waals surface area contributed by atoms with Crippen LogP contribution in [-0.4, -0.2) is 23.1 Å². The molecule has 0 bridgehead atoms. The number of benzene rings is 2. The maximum absolute atomic E-state index is 12.5. The summed E-state index contributed by atoms with van der Waals surface area (Å²) in [6, 6.07) is 13.9. The van der Waals surface area contributed by atoms with E-state index in [0.717, 1.165) is 42.0 Å². The second kappa shape index (κ2) is 6.91. The van der Waals surface area contributed by atoms with Crippen LogP contribution in [0, 0.1) is 5.92 Å². The van der Waals surface area contributed by atoms with E-state index in [9.17, 15) is 9.90 Å². The molecule has 3 atom stereocenters. The third-order valence-electron chi connectivity index (χ3n) is 5.20. The molecule has 1 aliphatic carbocycles. The van der Waals surface area contributed by atoms with Crippen LogP contribution in [0.4, 0.5) is 0 Å². The van der Waals surface area contributed by atoms with Gasteiger partial charge in [-0.25, -0.2) is 0 Å². The Balaban J connectivity index is 1.63. The molecular weight excluding hydrogens is 300 g/mol. The number of rotatable bonds is 4. The molecule has 3 unspecified atom stereocenters. The third kappa shape index (κ3) is 3.60. The molecule has 1 aliphatic rings. The minimum Gasteiger partial charge on any atom is -0.387 e. The lowest BCUT2D eigenvalue weighted by atomic mass is 9.74. The van der Waals surface area contributed by atoms with Gasteiger partial charge in [-0.15, -0.1) is 0 Å². The van der Waals surface area contributed by atoms with Gasteiger partial charge >= 0.3 is 0 Å². The monoisotopic (exact) mass is 326 g/mol. The van der Waals surface area contributed by atoms with E-state index >= 15 is 0 Å². The van der Waals surface area contributed by atoms with Crippen molar-refractivity contribution in [3.05, 3.63) is 48.0 Å². The molecule has 4 nitrogen and oxygen atoms in total. The maximum atomic E-state index is 12.5. The van der Waals surface area contributed by atoms with Gasteiger partial charge in [0.25, 0.3) is 0 Å². The number of aliphatic hydroxyl groups excluding tert-OH is 1. The van der Waals surface area contributed by atoms with E-state index < -0.39 is 11.6 Å². The van der Waals surface area contributed by atoms with Gasteiger partial charge in [-0.2, -0.15) is 0 Å². The van der Waals surface area contributed by atoms with Crippen LogP contribution >= 0.6 is 0 Å². The molecular formula is C20H26N2O2. The molecule has 2 aromatic rings. The van der Waals surface area contributed by atoms with E-state index in [1.165, 1.54) is 0 Å². The fourth-order valence-electron chi connectivity index (χ4n) is 3.64. The van der Waals surface area contributed by atoms with Crippen LogP contribution in [0.3, 0.4) is 0 Å². The third-order valence-corrected chi connectivity index (χ3v) is 5.20. The van der Waals surface area contributed by atoms with Gasteiger partial charge in [0.1, 0.15) is 0 Å². The van der Waals surface area contributed by atoms with Gasteiger partial charge in [-0.1, -0.05) is 49.2 Å². The average molecular weight is 326 g/mol. The van der Waals surface area contributed by atoms with Crippen molar-refractivity contribution < 1.29 is 9.90 Å². The van der Waals surface area contributed by atoms with Gasteiger partial charge in [0.05, 0.1) is 12.0 Å². The lowest BCUT2D eigenvalue weighted by molar-refractivity contribution is -0.128. The Morgan fingerprint density at radius 1 is 1.29 bits per heavy atom. The van der Waals surface area contributed by atoms with E-state index in [1.807, 2.05) is 49.4 Å².